The smallest absolute Gasteiger partial charge is 0.871 e. The molecule has 0 amide bonds. The molecule has 0 saturated carbocycles. The standard InChI is InChI=1S/2C17H13N3O4S.Ni/c2*1-10-2-6-14-15(8-10)19-20(18-14)17-13-5-4-12(25(22,23)24)9-11(13)3-7-16(17)21;/h2*2-9,21H,1H3,(H,22,23,24);/q;;+2/p-2. The molecular weight excluding hydrogens is 743 g/mol. The molecule has 2 heterocycles. The number of aryl methyl sites for hydroxylation is 2. The van der Waals surface area contributed by atoms with E-state index in [1.807, 2.05) is 50.2 Å². The summed E-state index contributed by atoms with van der Waals surface area (Å²) in [6.45, 7) is 3.88. The van der Waals surface area contributed by atoms with Crippen molar-refractivity contribution in [2.45, 2.75) is 23.6 Å². The second kappa shape index (κ2) is 13.0. The first-order valence-electron chi connectivity index (χ1n) is 14.8. The maximum atomic E-state index is 12.4. The molecule has 14 nitrogen and oxygen atoms in total. The van der Waals surface area contributed by atoms with Gasteiger partial charge in [0, 0.05) is 10.8 Å². The van der Waals surface area contributed by atoms with Gasteiger partial charge in [0.1, 0.15) is 43.6 Å². The molecule has 0 aliphatic heterocycles. The van der Waals surface area contributed by atoms with Crippen molar-refractivity contribution in [3.63, 3.8) is 0 Å². The van der Waals surface area contributed by atoms with E-state index in [2.05, 4.69) is 20.4 Å². The molecule has 17 heteroatoms. The number of hydrogen-bond donors (Lipinski definition) is 2. The van der Waals surface area contributed by atoms with Crippen LogP contribution in [0.3, 0.4) is 0 Å². The topological polar surface area (TPSA) is 216 Å². The molecule has 0 saturated heterocycles. The van der Waals surface area contributed by atoms with E-state index in [1.165, 1.54) is 64.2 Å². The minimum absolute atomic E-state index is 0. The van der Waals surface area contributed by atoms with Crippen molar-refractivity contribution in [2.24, 2.45) is 0 Å². The molecular formula is C34H24N6NiO8S2. The van der Waals surface area contributed by atoms with E-state index in [0.717, 1.165) is 11.1 Å². The van der Waals surface area contributed by atoms with E-state index in [9.17, 15) is 36.2 Å². The van der Waals surface area contributed by atoms with Crippen LogP contribution >= 0.6 is 0 Å². The fourth-order valence-corrected chi connectivity index (χ4v) is 6.56. The third kappa shape index (κ3) is 6.85. The normalized spacial score (nSPS) is 11.8. The molecule has 0 atom stereocenters. The van der Waals surface area contributed by atoms with Crippen LogP contribution in [0.2, 0.25) is 0 Å². The molecule has 0 bridgehead atoms. The molecule has 0 fully saturated rings. The number of rotatable bonds is 4. The summed E-state index contributed by atoms with van der Waals surface area (Å²) < 4.78 is 65.5. The van der Waals surface area contributed by atoms with E-state index in [-0.39, 0.29) is 43.5 Å². The van der Waals surface area contributed by atoms with Crippen LogP contribution in [0.1, 0.15) is 11.1 Å². The summed E-state index contributed by atoms with van der Waals surface area (Å²) in [5.41, 5.74) is 5.26. The van der Waals surface area contributed by atoms with Gasteiger partial charge in [-0.3, -0.25) is 4.55 Å². The Balaban J connectivity index is 0.000000172. The van der Waals surface area contributed by atoms with Crippen LogP contribution in [0.4, 0.5) is 0 Å². The third-order valence-electron chi connectivity index (χ3n) is 7.93. The third-order valence-corrected chi connectivity index (χ3v) is 9.61. The molecule has 8 aromatic rings. The Kier molecular flexibility index (Phi) is 9.04. The predicted octanol–water partition coefficient (Wildman–Crippen LogP) is 4.69. The maximum absolute atomic E-state index is 12.4. The number of nitrogens with zero attached hydrogens (tertiary/aromatic N) is 6. The van der Waals surface area contributed by atoms with Crippen LogP contribution < -0.4 is 5.11 Å². The Morgan fingerprint density at radius 1 is 0.588 bits per heavy atom. The zero-order valence-corrected chi connectivity index (χ0v) is 29.0. The molecule has 0 spiro atoms. The fourth-order valence-electron chi connectivity index (χ4n) is 5.53. The molecule has 8 rings (SSSR count). The van der Waals surface area contributed by atoms with Gasteiger partial charge in [-0.1, -0.05) is 48.2 Å². The molecule has 6 aromatic carbocycles. The van der Waals surface area contributed by atoms with Crippen molar-refractivity contribution < 1.29 is 52.6 Å². The molecule has 0 aliphatic rings. The van der Waals surface area contributed by atoms with Crippen LogP contribution in [-0.2, 0) is 36.7 Å². The van der Waals surface area contributed by atoms with Crippen LogP contribution in [0.15, 0.2) is 107 Å². The van der Waals surface area contributed by atoms with E-state index in [1.54, 1.807) is 6.07 Å². The SMILES string of the molecule is Cc1ccc2nn(-c3c(O)ccc4cc(S(=O)(=O)O)ccc34)nc2c1.Cc1ccc2nn(-c3c([O-])ccc4cc(S(=O)(=O)[O-])ccc34)nc2c1.[Ni+2]. The first-order chi connectivity index (χ1) is 23.7. The Bertz CT molecular complexity index is 2700. The van der Waals surface area contributed by atoms with Crippen molar-refractivity contribution >= 4 is 63.8 Å². The molecule has 0 unspecified atom stereocenters. The second-order valence-electron chi connectivity index (χ2n) is 11.5. The summed E-state index contributed by atoms with van der Waals surface area (Å²) in [6.07, 6.45) is 0. The van der Waals surface area contributed by atoms with Crippen LogP contribution in [0.25, 0.3) is 55.0 Å². The average Bonchev–Trinajstić information content (AvgIpc) is 3.66. The number of benzene rings is 6. The van der Waals surface area contributed by atoms with E-state index in [0.29, 0.717) is 49.3 Å². The average molecular weight is 767 g/mol. The number of aromatic hydroxyl groups is 1. The van der Waals surface area contributed by atoms with Gasteiger partial charge >= 0.3 is 16.5 Å². The summed E-state index contributed by atoms with van der Waals surface area (Å²) >= 11 is 0. The quantitative estimate of drug-likeness (QED) is 0.184. The number of hydrogen-bond acceptors (Lipinski definition) is 11. The fraction of sp³-hybridized carbons (Fsp3) is 0.0588. The Morgan fingerprint density at radius 3 is 1.61 bits per heavy atom. The van der Waals surface area contributed by atoms with Gasteiger partial charge in [0.05, 0.1) is 15.5 Å². The Morgan fingerprint density at radius 2 is 1.06 bits per heavy atom. The minimum atomic E-state index is -4.57. The van der Waals surface area contributed by atoms with E-state index in [4.69, 9.17) is 0 Å². The van der Waals surface area contributed by atoms with Gasteiger partial charge in [0.2, 0.25) is 0 Å². The first kappa shape index (κ1) is 35.4. The van der Waals surface area contributed by atoms with Crippen LogP contribution in [0, 0.1) is 13.8 Å². The van der Waals surface area contributed by atoms with Crippen molar-refractivity contribution in [1.82, 2.24) is 30.0 Å². The zero-order chi connectivity index (χ0) is 35.5. The number of fused-ring (bicyclic) bond motifs is 4. The van der Waals surface area contributed by atoms with Gasteiger partial charge < -0.3 is 14.8 Å². The molecule has 51 heavy (non-hydrogen) atoms. The summed E-state index contributed by atoms with van der Waals surface area (Å²) in [5.74, 6) is -0.341. The van der Waals surface area contributed by atoms with Crippen molar-refractivity contribution in [3.8, 4) is 22.9 Å². The van der Waals surface area contributed by atoms with Crippen molar-refractivity contribution in [1.29, 1.82) is 0 Å². The maximum Gasteiger partial charge on any atom is 2.00 e. The second-order valence-corrected chi connectivity index (χ2v) is 14.3. The molecule has 0 aliphatic carbocycles. The summed E-state index contributed by atoms with van der Waals surface area (Å²) in [6, 6.07) is 25.0. The van der Waals surface area contributed by atoms with Gasteiger partial charge in [-0.2, -0.15) is 13.2 Å². The predicted molar refractivity (Wildman–Crippen MR) is 181 cm³/mol. The Labute approximate surface area is 300 Å². The Hall–Kier alpha value is -5.45. The largest absolute Gasteiger partial charge is 2.00 e. The van der Waals surface area contributed by atoms with Crippen LogP contribution in [-0.4, -0.2) is 61.0 Å². The van der Waals surface area contributed by atoms with Gasteiger partial charge in [-0.15, -0.1) is 25.2 Å². The molecule has 260 valence electrons. The molecule has 2 N–H and O–H groups in total. The monoisotopic (exact) mass is 766 g/mol. The summed E-state index contributed by atoms with van der Waals surface area (Å²) in [5, 5.41) is 42.2. The number of aromatic nitrogens is 6. The van der Waals surface area contributed by atoms with Crippen LogP contribution in [0.5, 0.6) is 11.5 Å². The number of phenolic OH excluding ortho intramolecular Hbond substituents is 1. The first-order valence-corrected chi connectivity index (χ1v) is 17.6. The van der Waals surface area contributed by atoms with Gasteiger partial charge in [-0.05, 0) is 90.3 Å². The summed E-state index contributed by atoms with van der Waals surface area (Å²) in [7, 11) is -8.88. The van der Waals surface area contributed by atoms with E-state index < -0.39 is 20.2 Å². The molecule has 0 radical (unpaired) electrons. The van der Waals surface area contributed by atoms with Gasteiger partial charge in [-0.25, -0.2) is 8.42 Å². The number of phenols is 1. The van der Waals surface area contributed by atoms with Gasteiger partial charge in [0.15, 0.2) is 0 Å². The van der Waals surface area contributed by atoms with Gasteiger partial charge in [0.25, 0.3) is 10.1 Å². The zero-order valence-electron chi connectivity index (χ0n) is 26.4. The van der Waals surface area contributed by atoms with E-state index >= 15 is 0 Å². The summed E-state index contributed by atoms with van der Waals surface area (Å²) in [4.78, 5) is 2.01. The minimum Gasteiger partial charge on any atom is -0.871 e. The molecule has 2 aromatic heterocycles. The van der Waals surface area contributed by atoms with Crippen molar-refractivity contribution in [3.05, 3.63) is 108 Å². The van der Waals surface area contributed by atoms with Crippen molar-refractivity contribution in [2.75, 3.05) is 0 Å².